The van der Waals surface area contributed by atoms with Gasteiger partial charge in [0.1, 0.15) is 11.7 Å². The van der Waals surface area contributed by atoms with Crippen molar-refractivity contribution in [1.82, 2.24) is 15.6 Å². The van der Waals surface area contributed by atoms with Crippen molar-refractivity contribution in [3.63, 3.8) is 0 Å². The fraction of sp³-hybridized carbons (Fsp3) is 0.450. The first-order valence-corrected chi connectivity index (χ1v) is 9.22. The third-order valence-corrected chi connectivity index (χ3v) is 4.93. The van der Waals surface area contributed by atoms with Gasteiger partial charge in [-0.15, -0.1) is 0 Å². The van der Waals surface area contributed by atoms with Gasteiger partial charge < -0.3 is 15.7 Å². The molecule has 1 aliphatic rings. The van der Waals surface area contributed by atoms with Gasteiger partial charge in [-0.05, 0) is 30.9 Å². The average molecular weight is 355 g/mol. The van der Waals surface area contributed by atoms with Crippen molar-refractivity contribution in [3.05, 3.63) is 42.1 Å². The summed E-state index contributed by atoms with van der Waals surface area (Å²) < 4.78 is 0. The maximum Gasteiger partial charge on any atom is 0.270 e. The van der Waals surface area contributed by atoms with Crippen LogP contribution in [-0.2, 0) is 4.79 Å². The Labute approximate surface area is 153 Å². The Morgan fingerprint density at radius 3 is 2.65 bits per heavy atom. The quantitative estimate of drug-likeness (QED) is 0.739. The molecule has 2 amide bonds. The van der Waals surface area contributed by atoms with Crippen LogP contribution in [0.4, 0.5) is 0 Å². The van der Waals surface area contributed by atoms with Gasteiger partial charge >= 0.3 is 0 Å². The smallest absolute Gasteiger partial charge is 0.270 e. The summed E-state index contributed by atoms with van der Waals surface area (Å²) in [6.07, 6.45) is 5.91. The van der Waals surface area contributed by atoms with E-state index in [-0.39, 0.29) is 11.6 Å². The van der Waals surface area contributed by atoms with E-state index in [4.69, 9.17) is 0 Å². The Bertz CT molecular complexity index is 772. The predicted octanol–water partition coefficient (Wildman–Crippen LogP) is 2.02. The second kappa shape index (κ2) is 8.76. The lowest BCUT2D eigenvalue weighted by molar-refractivity contribution is -0.124. The molecule has 2 aromatic rings. The third kappa shape index (κ3) is 4.58. The SMILES string of the molecule is O=C(NC(CO)C(=O)NCC1CCCCC1)c1ccc2ccccc2n1. The minimum absolute atomic E-state index is 0.224. The molecule has 138 valence electrons. The van der Waals surface area contributed by atoms with Crippen molar-refractivity contribution in [3.8, 4) is 0 Å². The average Bonchev–Trinajstić information content (AvgIpc) is 2.70. The maximum atomic E-state index is 12.4. The van der Waals surface area contributed by atoms with E-state index in [1.54, 1.807) is 6.07 Å². The van der Waals surface area contributed by atoms with Gasteiger partial charge in [-0.1, -0.05) is 43.5 Å². The number of fused-ring (bicyclic) bond motifs is 1. The standard InChI is InChI=1S/C20H25N3O3/c24-13-18(19(25)21-12-14-6-2-1-3-7-14)23-20(26)17-11-10-15-8-4-5-9-16(15)22-17/h4-5,8-11,14,18,24H,1-3,6-7,12-13H2,(H,21,25)(H,23,26). The first-order valence-electron chi connectivity index (χ1n) is 9.22. The number of carbonyl (C=O) groups is 2. The molecule has 6 heteroatoms. The van der Waals surface area contributed by atoms with E-state index >= 15 is 0 Å². The molecule has 6 nitrogen and oxygen atoms in total. The van der Waals surface area contributed by atoms with Crippen molar-refractivity contribution >= 4 is 22.7 Å². The lowest BCUT2D eigenvalue weighted by atomic mass is 9.89. The number of aliphatic hydroxyl groups excluding tert-OH is 1. The number of hydrogen-bond donors (Lipinski definition) is 3. The number of nitrogens with one attached hydrogen (secondary N) is 2. The zero-order valence-corrected chi connectivity index (χ0v) is 14.8. The monoisotopic (exact) mass is 355 g/mol. The molecule has 0 spiro atoms. The Kier molecular flexibility index (Phi) is 6.17. The fourth-order valence-electron chi connectivity index (χ4n) is 3.38. The summed E-state index contributed by atoms with van der Waals surface area (Å²) in [6, 6.07) is 9.96. The van der Waals surface area contributed by atoms with Crippen LogP contribution >= 0.6 is 0 Å². The van der Waals surface area contributed by atoms with Crippen molar-refractivity contribution < 1.29 is 14.7 Å². The Morgan fingerprint density at radius 2 is 1.88 bits per heavy atom. The number of amides is 2. The van der Waals surface area contributed by atoms with Crippen molar-refractivity contribution in [1.29, 1.82) is 0 Å². The fourth-order valence-corrected chi connectivity index (χ4v) is 3.38. The van der Waals surface area contributed by atoms with Gasteiger partial charge in [0.15, 0.2) is 0 Å². The highest BCUT2D eigenvalue weighted by atomic mass is 16.3. The highest BCUT2D eigenvalue weighted by Gasteiger charge is 2.22. The molecule has 0 radical (unpaired) electrons. The molecule has 1 aromatic heterocycles. The Balaban J connectivity index is 1.58. The number of aliphatic hydroxyl groups is 1. The van der Waals surface area contributed by atoms with Gasteiger partial charge in [-0.2, -0.15) is 0 Å². The van der Waals surface area contributed by atoms with Crippen LogP contribution < -0.4 is 10.6 Å². The molecule has 0 saturated heterocycles. The van der Waals surface area contributed by atoms with Gasteiger partial charge in [-0.3, -0.25) is 9.59 Å². The van der Waals surface area contributed by atoms with Gasteiger partial charge in [0.05, 0.1) is 12.1 Å². The molecular weight excluding hydrogens is 330 g/mol. The van der Waals surface area contributed by atoms with Crippen molar-refractivity contribution in [2.24, 2.45) is 5.92 Å². The number of carbonyl (C=O) groups excluding carboxylic acids is 2. The van der Waals surface area contributed by atoms with E-state index in [1.165, 1.54) is 19.3 Å². The van der Waals surface area contributed by atoms with Crippen LogP contribution in [0.15, 0.2) is 36.4 Å². The summed E-state index contributed by atoms with van der Waals surface area (Å²) in [5, 5.41) is 15.9. The third-order valence-electron chi connectivity index (χ3n) is 4.93. The van der Waals surface area contributed by atoms with Gasteiger partial charge in [0.2, 0.25) is 5.91 Å². The molecule has 1 heterocycles. The van der Waals surface area contributed by atoms with Gasteiger partial charge in [0, 0.05) is 11.9 Å². The van der Waals surface area contributed by atoms with Crippen LogP contribution in [0.25, 0.3) is 10.9 Å². The number of rotatable bonds is 6. The van der Waals surface area contributed by atoms with E-state index in [9.17, 15) is 14.7 Å². The maximum absolute atomic E-state index is 12.4. The Hall–Kier alpha value is -2.47. The van der Waals surface area contributed by atoms with Crippen LogP contribution in [0.2, 0.25) is 0 Å². The summed E-state index contributed by atoms with van der Waals surface area (Å²) in [7, 11) is 0. The molecule has 3 N–H and O–H groups in total. The second-order valence-corrected chi connectivity index (χ2v) is 6.85. The Morgan fingerprint density at radius 1 is 1.12 bits per heavy atom. The zero-order valence-electron chi connectivity index (χ0n) is 14.8. The van der Waals surface area contributed by atoms with Crippen LogP contribution in [0.1, 0.15) is 42.6 Å². The van der Waals surface area contributed by atoms with Gasteiger partial charge in [-0.25, -0.2) is 4.98 Å². The lowest BCUT2D eigenvalue weighted by Gasteiger charge is -2.23. The first-order chi connectivity index (χ1) is 12.7. The van der Waals surface area contributed by atoms with E-state index in [2.05, 4.69) is 15.6 Å². The van der Waals surface area contributed by atoms with E-state index < -0.39 is 18.6 Å². The van der Waals surface area contributed by atoms with Crippen LogP contribution in [0, 0.1) is 5.92 Å². The molecule has 0 aliphatic heterocycles. The number of hydrogen-bond acceptors (Lipinski definition) is 4. The van der Waals surface area contributed by atoms with Crippen LogP contribution in [0.3, 0.4) is 0 Å². The van der Waals surface area contributed by atoms with E-state index in [0.717, 1.165) is 18.2 Å². The number of nitrogens with zero attached hydrogens (tertiary/aromatic N) is 1. The molecule has 1 aliphatic carbocycles. The minimum atomic E-state index is -0.973. The molecule has 0 bridgehead atoms. The number of aromatic nitrogens is 1. The second-order valence-electron chi connectivity index (χ2n) is 6.85. The summed E-state index contributed by atoms with van der Waals surface area (Å²) in [5.41, 5.74) is 0.935. The number of benzene rings is 1. The summed E-state index contributed by atoms with van der Waals surface area (Å²) >= 11 is 0. The largest absolute Gasteiger partial charge is 0.394 e. The minimum Gasteiger partial charge on any atom is -0.394 e. The molecule has 1 atom stereocenters. The molecule has 1 fully saturated rings. The predicted molar refractivity (Wildman–Crippen MR) is 99.7 cm³/mol. The molecule has 1 aromatic carbocycles. The molecule has 26 heavy (non-hydrogen) atoms. The summed E-state index contributed by atoms with van der Waals surface area (Å²) in [4.78, 5) is 29.0. The highest BCUT2D eigenvalue weighted by molar-refractivity contribution is 5.97. The van der Waals surface area contributed by atoms with Gasteiger partial charge in [0.25, 0.3) is 5.91 Å². The zero-order chi connectivity index (χ0) is 18.4. The van der Waals surface area contributed by atoms with Crippen LogP contribution in [0.5, 0.6) is 0 Å². The topological polar surface area (TPSA) is 91.3 Å². The molecule has 3 rings (SSSR count). The van der Waals surface area contributed by atoms with Crippen molar-refractivity contribution in [2.75, 3.05) is 13.2 Å². The molecule has 1 unspecified atom stereocenters. The van der Waals surface area contributed by atoms with Crippen molar-refractivity contribution in [2.45, 2.75) is 38.1 Å². The van der Waals surface area contributed by atoms with E-state index in [0.29, 0.717) is 18.0 Å². The highest BCUT2D eigenvalue weighted by Crippen LogP contribution is 2.22. The normalized spacial score (nSPS) is 16.2. The molecular formula is C20H25N3O3. The van der Waals surface area contributed by atoms with E-state index in [1.807, 2.05) is 30.3 Å². The first kappa shape index (κ1) is 18.3. The lowest BCUT2D eigenvalue weighted by Crippen LogP contribution is -2.50. The summed E-state index contributed by atoms with van der Waals surface area (Å²) in [6.45, 7) is 0.148. The number of pyridine rings is 1. The summed E-state index contributed by atoms with van der Waals surface area (Å²) in [5.74, 6) is -0.334. The number of para-hydroxylation sites is 1. The molecule has 1 saturated carbocycles. The van der Waals surface area contributed by atoms with Crippen LogP contribution in [-0.4, -0.2) is 41.1 Å².